The molecule has 0 bridgehead atoms. The standard InChI is InChI=1S/C18H15F2N3O2/c19-18(20)25-15-8-6-14(7-9-15)17(24)21-16-10-11-23(22-16)12-13-4-2-1-3-5-13/h1-11,18H,12H2,(H,21,22,24). The predicted molar refractivity (Wildman–Crippen MR) is 88.8 cm³/mol. The normalized spacial score (nSPS) is 10.7. The molecule has 1 N–H and O–H groups in total. The van der Waals surface area contributed by atoms with Crippen molar-refractivity contribution in [1.82, 2.24) is 9.78 Å². The Morgan fingerprint density at radius 3 is 2.48 bits per heavy atom. The molecule has 1 aromatic heterocycles. The van der Waals surface area contributed by atoms with Crippen LogP contribution < -0.4 is 10.1 Å². The highest BCUT2D eigenvalue weighted by molar-refractivity contribution is 6.03. The van der Waals surface area contributed by atoms with Crippen LogP contribution in [0, 0.1) is 0 Å². The first-order chi connectivity index (χ1) is 12.1. The van der Waals surface area contributed by atoms with Crippen LogP contribution in [0.3, 0.4) is 0 Å². The maximum atomic E-state index is 12.2. The number of ether oxygens (including phenoxy) is 1. The van der Waals surface area contributed by atoms with E-state index >= 15 is 0 Å². The van der Waals surface area contributed by atoms with Gasteiger partial charge in [0.1, 0.15) is 5.75 Å². The number of rotatable bonds is 6. The molecule has 0 saturated heterocycles. The van der Waals surface area contributed by atoms with Gasteiger partial charge in [-0.1, -0.05) is 30.3 Å². The summed E-state index contributed by atoms with van der Waals surface area (Å²) < 4.78 is 30.2. The van der Waals surface area contributed by atoms with Gasteiger partial charge in [0.15, 0.2) is 5.82 Å². The molecule has 1 amide bonds. The van der Waals surface area contributed by atoms with Gasteiger partial charge in [0.05, 0.1) is 6.54 Å². The number of amides is 1. The summed E-state index contributed by atoms with van der Waals surface area (Å²) in [6, 6.07) is 17.0. The topological polar surface area (TPSA) is 56.2 Å². The highest BCUT2D eigenvalue weighted by Crippen LogP contribution is 2.16. The number of benzene rings is 2. The summed E-state index contributed by atoms with van der Waals surface area (Å²) in [4.78, 5) is 12.2. The number of nitrogens with one attached hydrogen (secondary N) is 1. The van der Waals surface area contributed by atoms with E-state index in [1.165, 1.54) is 24.3 Å². The first-order valence-electron chi connectivity index (χ1n) is 7.54. The number of carbonyl (C=O) groups is 1. The van der Waals surface area contributed by atoms with E-state index in [1.54, 1.807) is 16.9 Å². The molecule has 0 atom stereocenters. The van der Waals surface area contributed by atoms with Crippen molar-refractivity contribution in [3.63, 3.8) is 0 Å². The fourth-order valence-corrected chi connectivity index (χ4v) is 2.26. The summed E-state index contributed by atoms with van der Waals surface area (Å²) in [5.74, 6) is 0.0288. The van der Waals surface area contributed by atoms with E-state index < -0.39 is 6.61 Å². The third kappa shape index (κ3) is 4.63. The van der Waals surface area contributed by atoms with Crippen LogP contribution in [0.2, 0.25) is 0 Å². The van der Waals surface area contributed by atoms with Gasteiger partial charge >= 0.3 is 6.61 Å². The maximum Gasteiger partial charge on any atom is 0.387 e. The molecule has 0 aliphatic heterocycles. The SMILES string of the molecule is O=C(Nc1ccn(Cc2ccccc2)n1)c1ccc(OC(F)F)cc1. The van der Waals surface area contributed by atoms with Crippen molar-refractivity contribution < 1.29 is 18.3 Å². The number of hydrogen-bond acceptors (Lipinski definition) is 3. The molecule has 0 unspecified atom stereocenters. The number of hydrogen-bond donors (Lipinski definition) is 1. The van der Waals surface area contributed by atoms with Crippen LogP contribution in [0.1, 0.15) is 15.9 Å². The lowest BCUT2D eigenvalue weighted by molar-refractivity contribution is -0.0498. The Hall–Kier alpha value is -3.22. The van der Waals surface area contributed by atoms with Gasteiger partial charge in [-0.3, -0.25) is 9.48 Å². The summed E-state index contributed by atoms with van der Waals surface area (Å²) in [6.45, 7) is -2.30. The lowest BCUT2D eigenvalue weighted by Gasteiger charge is -2.06. The third-order valence-corrected chi connectivity index (χ3v) is 3.41. The molecule has 0 saturated carbocycles. The molecule has 25 heavy (non-hydrogen) atoms. The Bertz CT molecular complexity index is 833. The van der Waals surface area contributed by atoms with Gasteiger partial charge < -0.3 is 10.1 Å². The first kappa shape index (κ1) is 16.6. The van der Waals surface area contributed by atoms with Crippen molar-refractivity contribution in [2.24, 2.45) is 0 Å². The highest BCUT2D eigenvalue weighted by atomic mass is 19.3. The molecule has 128 valence electrons. The van der Waals surface area contributed by atoms with Gasteiger partial charge in [0.2, 0.25) is 0 Å². The minimum Gasteiger partial charge on any atom is -0.435 e. The van der Waals surface area contributed by atoms with E-state index in [0.717, 1.165) is 5.56 Å². The summed E-state index contributed by atoms with van der Waals surface area (Å²) in [7, 11) is 0. The monoisotopic (exact) mass is 343 g/mol. The van der Waals surface area contributed by atoms with Crippen molar-refractivity contribution in [2.45, 2.75) is 13.2 Å². The minimum atomic E-state index is -2.90. The summed E-state index contributed by atoms with van der Waals surface area (Å²) in [6.07, 6.45) is 1.77. The van der Waals surface area contributed by atoms with Gasteiger partial charge in [-0.15, -0.1) is 0 Å². The van der Waals surface area contributed by atoms with E-state index in [9.17, 15) is 13.6 Å². The second-order valence-corrected chi connectivity index (χ2v) is 5.24. The van der Waals surface area contributed by atoms with Gasteiger partial charge in [-0.05, 0) is 29.8 Å². The van der Waals surface area contributed by atoms with Crippen LogP contribution in [-0.2, 0) is 6.54 Å². The number of anilines is 1. The van der Waals surface area contributed by atoms with Gasteiger partial charge in [0, 0.05) is 17.8 Å². The Labute approximate surface area is 142 Å². The summed E-state index contributed by atoms with van der Waals surface area (Å²) in [5.41, 5.74) is 1.41. The van der Waals surface area contributed by atoms with Gasteiger partial charge in [-0.2, -0.15) is 13.9 Å². The van der Waals surface area contributed by atoms with E-state index in [2.05, 4.69) is 15.2 Å². The second kappa shape index (κ2) is 7.57. The molecule has 7 heteroatoms. The molecule has 0 aliphatic carbocycles. The van der Waals surface area contributed by atoms with Crippen molar-refractivity contribution in [3.05, 3.63) is 78.0 Å². The van der Waals surface area contributed by atoms with E-state index in [-0.39, 0.29) is 11.7 Å². The zero-order chi connectivity index (χ0) is 17.6. The van der Waals surface area contributed by atoms with E-state index in [0.29, 0.717) is 17.9 Å². The van der Waals surface area contributed by atoms with Crippen LogP contribution in [0.4, 0.5) is 14.6 Å². The van der Waals surface area contributed by atoms with Crippen LogP contribution in [0.25, 0.3) is 0 Å². The van der Waals surface area contributed by atoms with Crippen molar-refractivity contribution in [3.8, 4) is 5.75 Å². The van der Waals surface area contributed by atoms with Crippen molar-refractivity contribution in [1.29, 1.82) is 0 Å². The average Bonchev–Trinajstić information content (AvgIpc) is 3.02. The second-order valence-electron chi connectivity index (χ2n) is 5.24. The molecule has 0 fully saturated rings. The Morgan fingerprint density at radius 2 is 1.80 bits per heavy atom. The molecule has 2 aromatic carbocycles. The number of halogens is 2. The van der Waals surface area contributed by atoms with Crippen molar-refractivity contribution >= 4 is 11.7 Å². The van der Waals surface area contributed by atoms with E-state index in [1.807, 2.05) is 30.3 Å². The Balaban J connectivity index is 1.61. The summed E-state index contributed by atoms with van der Waals surface area (Å²) in [5, 5.41) is 6.95. The fourth-order valence-electron chi connectivity index (χ4n) is 2.26. The lowest BCUT2D eigenvalue weighted by atomic mass is 10.2. The van der Waals surface area contributed by atoms with Crippen LogP contribution >= 0.6 is 0 Å². The largest absolute Gasteiger partial charge is 0.435 e. The Morgan fingerprint density at radius 1 is 1.08 bits per heavy atom. The minimum absolute atomic E-state index is 0.00121. The molecule has 0 aliphatic rings. The Kier molecular flexibility index (Phi) is 5.03. The van der Waals surface area contributed by atoms with Gasteiger partial charge in [-0.25, -0.2) is 0 Å². The molecular weight excluding hydrogens is 328 g/mol. The van der Waals surface area contributed by atoms with E-state index in [4.69, 9.17) is 0 Å². The first-order valence-corrected chi connectivity index (χ1v) is 7.54. The highest BCUT2D eigenvalue weighted by Gasteiger charge is 2.10. The average molecular weight is 343 g/mol. The van der Waals surface area contributed by atoms with Crippen molar-refractivity contribution in [2.75, 3.05) is 5.32 Å². The molecule has 3 rings (SSSR count). The number of nitrogens with zero attached hydrogens (tertiary/aromatic N) is 2. The van der Waals surface area contributed by atoms with Gasteiger partial charge in [0.25, 0.3) is 5.91 Å². The zero-order valence-electron chi connectivity index (χ0n) is 13.1. The summed E-state index contributed by atoms with van der Waals surface area (Å²) >= 11 is 0. The van der Waals surface area contributed by atoms with Crippen LogP contribution in [-0.4, -0.2) is 22.3 Å². The number of carbonyl (C=O) groups excluding carboxylic acids is 1. The quantitative estimate of drug-likeness (QED) is 0.741. The van der Waals surface area contributed by atoms with Crippen LogP contribution in [0.15, 0.2) is 66.9 Å². The van der Waals surface area contributed by atoms with Crippen LogP contribution in [0.5, 0.6) is 5.75 Å². The molecule has 1 heterocycles. The number of aromatic nitrogens is 2. The fraction of sp³-hybridized carbons (Fsp3) is 0.111. The lowest BCUT2D eigenvalue weighted by Crippen LogP contribution is -2.13. The molecule has 0 radical (unpaired) electrons. The third-order valence-electron chi connectivity index (χ3n) is 3.41. The zero-order valence-corrected chi connectivity index (χ0v) is 13.1. The predicted octanol–water partition coefficient (Wildman–Crippen LogP) is 3.79. The molecule has 5 nitrogen and oxygen atoms in total. The smallest absolute Gasteiger partial charge is 0.387 e. The molecule has 3 aromatic rings. The number of alkyl halides is 2. The maximum absolute atomic E-state index is 12.2. The molecule has 0 spiro atoms. The molecular formula is C18H15F2N3O2.